The summed E-state index contributed by atoms with van der Waals surface area (Å²) in [7, 11) is 0. The van der Waals surface area contributed by atoms with Gasteiger partial charge in [0.1, 0.15) is 17.4 Å². The summed E-state index contributed by atoms with van der Waals surface area (Å²) in [5, 5.41) is 8.14. The maximum Gasteiger partial charge on any atom is 0.141 e. The molecule has 0 aliphatic rings. The zero-order chi connectivity index (χ0) is 19.2. The van der Waals surface area contributed by atoms with Gasteiger partial charge in [0.25, 0.3) is 0 Å². The highest BCUT2D eigenvalue weighted by atomic mass is 19.1. The third-order valence-corrected chi connectivity index (χ3v) is 4.17. The Morgan fingerprint density at radius 2 is 1.78 bits per heavy atom. The van der Waals surface area contributed by atoms with Crippen molar-refractivity contribution in [1.82, 2.24) is 15.0 Å². The molecule has 0 bridgehead atoms. The van der Waals surface area contributed by atoms with Gasteiger partial charge in [0.15, 0.2) is 0 Å². The van der Waals surface area contributed by atoms with Crippen molar-refractivity contribution in [3.05, 3.63) is 77.4 Å². The van der Waals surface area contributed by atoms with Crippen LogP contribution in [0.1, 0.15) is 30.2 Å². The van der Waals surface area contributed by atoms with Crippen molar-refractivity contribution in [3.63, 3.8) is 0 Å². The number of aromatic nitrogens is 3. The van der Waals surface area contributed by atoms with Crippen LogP contribution in [0, 0.1) is 5.82 Å². The Morgan fingerprint density at radius 3 is 2.48 bits per heavy atom. The van der Waals surface area contributed by atoms with Crippen LogP contribution in [-0.4, -0.2) is 26.6 Å². The summed E-state index contributed by atoms with van der Waals surface area (Å²) >= 11 is 0. The van der Waals surface area contributed by atoms with E-state index in [9.17, 15) is 14.0 Å². The minimum atomic E-state index is -0.333. The van der Waals surface area contributed by atoms with E-state index in [2.05, 4.69) is 10.3 Å². The molecular formula is C21H20FN3O2. The first-order valence-electron chi connectivity index (χ1n) is 8.76. The Bertz CT molecular complexity index is 948. The molecule has 27 heavy (non-hydrogen) atoms. The van der Waals surface area contributed by atoms with Gasteiger partial charge in [-0.3, -0.25) is 4.79 Å². The number of hydrogen-bond donors (Lipinski definition) is 0. The summed E-state index contributed by atoms with van der Waals surface area (Å²) < 4.78 is 14.8. The van der Waals surface area contributed by atoms with Gasteiger partial charge in [-0.1, -0.05) is 29.5 Å². The fraction of sp³-hybridized carbons (Fsp3) is 0.238. The summed E-state index contributed by atoms with van der Waals surface area (Å²) in [6, 6.07) is 13.6. The number of carbonyl (C=O) groups excluding carboxylic acids is 2. The highest BCUT2D eigenvalue weighted by Crippen LogP contribution is 2.12. The van der Waals surface area contributed by atoms with Crippen molar-refractivity contribution in [2.24, 2.45) is 0 Å². The lowest BCUT2D eigenvalue weighted by Gasteiger charge is -2.04. The van der Waals surface area contributed by atoms with Gasteiger partial charge in [-0.2, -0.15) is 0 Å². The smallest absolute Gasteiger partial charge is 0.141 e. The van der Waals surface area contributed by atoms with Crippen LogP contribution < -0.4 is 0 Å². The lowest BCUT2D eigenvalue weighted by Crippen LogP contribution is -2.07. The van der Waals surface area contributed by atoms with E-state index in [0.29, 0.717) is 18.4 Å². The Morgan fingerprint density at radius 1 is 1.04 bits per heavy atom. The molecule has 0 spiro atoms. The summed E-state index contributed by atoms with van der Waals surface area (Å²) in [5.41, 5.74) is 3.16. The molecule has 5 nitrogen and oxygen atoms in total. The van der Waals surface area contributed by atoms with Gasteiger partial charge >= 0.3 is 0 Å². The van der Waals surface area contributed by atoms with Gasteiger partial charge in [0.2, 0.25) is 0 Å². The fourth-order valence-electron chi connectivity index (χ4n) is 2.77. The van der Waals surface area contributed by atoms with E-state index in [-0.39, 0.29) is 30.2 Å². The minimum absolute atomic E-state index is 0.0284. The van der Waals surface area contributed by atoms with Crippen LogP contribution in [0.25, 0.3) is 5.69 Å². The van der Waals surface area contributed by atoms with E-state index in [1.165, 1.54) is 12.1 Å². The van der Waals surface area contributed by atoms with Crippen molar-refractivity contribution >= 4 is 11.6 Å². The largest absolute Gasteiger partial charge is 0.300 e. The SMILES string of the molecule is CC(=O)CCc1cn(-c2ccc(CC(=O)Cc3cccc(F)c3)cc2)nn1. The molecule has 0 amide bonds. The maximum atomic E-state index is 13.2. The van der Waals surface area contributed by atoms with Crippen LogP contribution in [0.15, 0.2) is 54.7 Å². The summed E-state index contributed by atoms with van der Waals surface area (Å²) in [6.45, 7) is 1.55. The molecule has 0 fully saturated rings. The van der Waals surface area contributed by atoms with E-state index in [0.717, 1.165) is 16.9 Å². The van der Waals surface area contributed by atoms with Gasteiger partial charge in [-0.05, 0) is 48.7 Å². The molecule has 0 aliphatic heterocycles. The number of nitrogens with zero attached hydrogens (tertiary/aromatic N) is 3. The van der Waals surface area contributed by atoms with E-state index >= 15 is 0 Å². The highest BCUT2D eigenvalue weighted by Gasteiger charge is 2.08. The molecule has 0 saturated carbocycles. The van der Waals surface area contributed by atoms with Crippen LogP contribution in [0.4, 0.5) is 4.39 Å². The van der Waals surface area contributed by atoms with E-state index in [4.69, 9.17) is 0 Å². The number of halogens is 1. The maximum absolute atomic E-state index is 13.2. The first-order chi connectivity index (χ1) is 13.0. The summed E-state index contributed by atoms with van der Waals surface area (Å²) in [4.78, 5) is 23.3. The van der Waals surface area contributed by atoms with Gasteiger partial charge in [-0.15, -0.1) is 5.10 Å². The quantitative estimate of drug-likeness (QED) is 0.614. The Kier molecular flexibility index (Phi) is 5.86. The first kappa shape index (κ1) is 18.6. The zero-order valence-electron chi connectivity index (χ0n) is 15.1. The molecule has 138 valence electrons. The van der Waals surface area contributed by atoms with Gasteiger partial charge in [0, 0.05) is 19.3 Å². The monoisotopic (exact) mass is 365 g/mol. The molecule has 3 aromatic rings. The third-order valence-electron chi connectivity index (χ3n) is 4.17. The van der Waals surface area contributed by atoms with E-state index in [1.807, 2.05) is 24.3 Å². The van der Waals surface area contributed by atoms with Gasteiger partial charge in [-0.25, -0.2) is 9.07 Å². The number of hydrogen-bond acceptors (Lipinski definition) is 4. The average molecular weight is 365 g/mol. The first-order valence-corrected chi connectivity index (χ1v) is 8.76. The van der Waals surface area contributed by atoms with Crippen LogP contribution in [0.5, 0.6) is 0 Å². The predicted molar refractivity (Wildman–Crippen MR) is 99.2 cm³/mol. The standard InChI is InChI=1S/C21H20FN3O2/c1-15(26)5-8-19-14-25(24-23-19)20-9-6-16(7-10-20)12-21(27)13-17-3-2-4-18(22)11-17/h2-4,6-7,9-11,14H,5,8,12-13H2,1H3. The number of rotatable bonds is 8. The van der Waals surface area contributed by atoms with Crippen LogP contribution >= 0.6 is 0 Å². The molecule has 3 rings (SSSR count). The van der Waals surface area contributed by atoms with Crippen LogP contribution in [-0.2, 0) is 28.9 Å². The highest BCUT2D eigenvalue weighted by molar-refractivity contribution is 5.83. The van der Waals surface area contributed by atoms with E-state index < -0.39 is 0 Å². The average Bonchev–Trinajstić information content (AvgIpc) is 3.09. The molecule has 0 aliphatic carbocycles. The van der Waals surface area contributed by atoms with Gasteiger partial charge < -0.3 is 4.79 Å². The lowest BCUT2D eigenvalue weighted by molar-refractivity contribution is -0.118. The Balaban J connectivity index is 1.60. The number of Topliss-reactive ketones (excluding diaryl/α,β-unsaturated/α-hetero) is 2. The Labute approximate surface area is 156 Å². The molecule has 0 unspecified atom stereocenters. The van der Waals surface area contributed by atoms with Crippen LogP contribution in [0.3, 0.4) is 0 Å². The number of carbonyl (C=O) groups is 2. The second-order valence-electron chi connectivity index (χ2n) is 6.55. The number of ketones is 2. The summed E-state index contributed by atoms with van der Waals surface area (Å²) in [5.74, 6) is -0.183. The predicted octanol–water partition coefficient (Wildman–Crippen LogP) is 3.28. The molecule has 1 aromatic heterocycles. The molecule has 0 saturated heterocycles. The molecule has 6 heteroatoms. The third kappa shape index (κ3) is 5.41. The van der Waals surface area contributed by atoms with Crippen molar-refractivity contribution in [3.8, 4) is 5.69 Å². The lowest BCUT2D eigenvalue weighted by atomic mass is 10.0. The fourth-order valence-corrected chi connectivity index (χ4v) is 2.77. The molecule has 0 atom stereocenters. The number of benzene rings is 2. The molecule has 0 radical (unpaired) electrons. The second kappa shape index (κ2) is 8.49. The molecule has 0 N–H and O–H groups in total. The number of aryl methyl sites for hydroxylation is 1. The molecule has 2 aromatic carbocycles. The normalized spacial score (nSPS) is 10.7. The zero-order valence-corrected chi connectivity index (χ0v) is 15.1. The van der Waals surface area contributed by atoms with Crippen LogP contribution in [0.2, 0.25) is 0 Å². The second-order valence-corrected chi connectivity index (χ2v) is 6.55. The van der Waals surface area contributed by atoms with E-state index in [1.54, 1.807) is 29.9 Å². The minimum Gasteiger partial charge on any atom is -0.300 e. The Hall–Kier alpha value is -3.15. The van der Waals surface area contributed by atoms with Crippen molar-refractivity contribution < 1.29 is 14.0 Å². The topological polar surface area (TPSA) is 64.8 Å². The molecular weight excluding hydrogens is 345 g/mol. The molecule has 1 heterocycles. The van der Waals surface area contributed by atoms with Crippen molar-refractivity contribution in [2.45, 2.75) is 32.6 Å². The van der Waals surface area contributed by atoms with Crippen molar-refractivity contribution in [2.75, 3.05) is 0 Å². The van der Waals surface area contributed by atoms with Gasteiger partial charge in [0.05, 0.1) is 17.6 Å². The van der Waals surface area contributed by atoms with Crippen molar-refractivity contribution in [1.29, 1.82) is 0 Å². The summed E-state index contributed by atoms with van der Waals surface area (Å²) in [6.07, 6.45) is 3.32.